The summed E-state index contributed by atoms with van der Waals surface area (Å²) in [6, 6.07) is 4.79. The molecule has 0 amide bonds. The number of anilines is 2. The number of nitrogen functional groups attached to an aromatic ring is 1. The van der Waals surface area contributed by atoms with Crippen LogP contribution in [0.3, 0.4) is 0 Å². The Kier molecular flexibility index (Phi) is 4.60. The molecule has 0 radical (unpaired) electrons. The first-order chi connectivity index (χ1) is 7.65. The van der Waals surface area contributed by atoms with Gasteiger partial charge >= 0.3 is 5.97 Å². The Morgan fingerprint density at radius 1 is 1.56 bits per heavy atom. The maximum absolute atomic E-state index is 10.9. The third-order valence-corrected chi connectivity index (χ3v) is 2.11. The Morgan fingerprint density at radius 3 is 2.94 bits per heavy atom. The maximum Gasteiger partial charge on any atom is 0.337 e. The molecule has 0 fully saturated rings. The number of benzene rings is 1. The highest BCUT2D eigenvalue weighted by molar-refractivity contribution is 5.95. The molecule has 0 aliphatic carbocycles. The molecule has 0 bridgehead atoms. The fourth-order valence-corrected chi connectivity index (χ4v) is 1.33. The number of nitrogens with one attached hydrogen (secondary N) is 1. The second-order valence-corrected chi connectivity index (χ2v) is 3.38. The first-order valence-corrected chi connectivity index (χ1v) is 5.00. The van der Waals surface area contributed by atoms with E-state index in [1.165, 1.54) is 6.07 Å². The number of aromatic carboxylic acids is 1. The van der Waals surface area contributed by atoms with E-state index < -0.39 is 5.97 Å². The van der Waals surface area contributed by atoms with Gasteiger partial charge in [0, 0.05) is 31.6 Å². The molecule has 5 heteroatoms. The Bertz CT molecular complexity index is 366. The number of carboxylic acids is 1. The highest BCUT2D eigenvalue weighted by Gasteiger charge is 2.09. The van der Waals surface area contributed by atoms with E-state index in [0.717, 1.165) is 6.42 Å². The van der Waals surface area contributed by atoms with Gasteiger partial charge in [0.15, 0.2) is 0 Å². The van der Waals surface area contributed by atoms with E-state index in [0.29, 0.717) is 24.5 Å². The second kappa shape index (κ2) is 5.97. The number of carbonyl (C=O) groups is 1. The number of ether oxygens (including phenoxy) is 1. The summed E-state index contributed by atoms with van der Waals surface area (Å²) in [6.07, 6.45) is 0.819. The van der Waals surface area contributed by atoms with E-state index in [4.69, 9.17) is 15.6 Å². The minimum absolute atomic E-state index is 0.192. The van der Waals surface area contributed by atoms with Crippen LogP contribution in [0.4, 0.5) is 11.4 Å². The minimum Gasteiger partial charge on any atom is -0.478 e. The molecule has 16 heavy (non-hydrogen) atoms. The number of methoxy groups -OCH3 is 1. The van der Waals surface area contributed by atoms with E-state index in [1.54, 1.807) is 19.2 Å². The predicted octanol–water partition coefficient (Wildman–Crippen LogP) is 1.42. The summed E-state index contributed by atoms with van der Waals surface area (Å²) in [5.74, 6) is -0.985. The van der Waals surface area contributed by atoms with Gasteiger partial charge < -0.3 is 20.9 Å². The standard InChI is InChI=1S/C11H16N2O3/c1-16-6-2-5-13-10-4-3-8(12)7-9(10)11(14)15/h3-4,7,13H,2,5-6,12H2,1H3,(H,14,15). The Balaban J connectivity index is 2.67. The van der Waals surface area contributed by atoms with Crippen molar-refractivity contribution >= 4 is 17.3 Å². The van der Waals surface area contributed by atoms with Crippen LogP contribution in [-0.4, -0.2) is 31.3 Å². The molecule has 0 aromatic heterocycles. The smallest absolute Gasteiger partial charge is 0.337 e. The lowest BCUT2D eigenvalue weighted by Crippen LogP contribution is -2.09. The summed E-state index contributed by atoms with van der Waals surface area (Å²) >= 11 is 0. The van der Waals surface area contributed by atoms with E-state index in [1.807, 2.05) is 0 Å². The molecule has 5 nitrogen and oxygen atoms in total. The van der Waals surface area contributed by atoms with Gasteiger partial charge in [0.05, 0.1) is 5.56 Å². The van der Waals surface area contributed by atoms with Gasteiger partial charge in [-0.3, -0.25) is 0 Å². The largest absolute Gasteiger partial charge is 0.478 e. The van der Waals surface area contributed by atoms with Gasteiger partial charge in [0.1, 0.15) is 0 Å². The third kappa shape index (κ3) is 3.43. The molecule has 0 aliphatic heterocycles. The Morgan fingerprint density at radius 2 is 2.31 bits per heavy atom. The van der Waals surface area contributed by atoms with Crippen molar-refractivity contribution in [3.05, 3.63) is 23.8 Å². The Labute approximate surface area is 94.2 Å². The molecule has 0 spiro atoms. The van der Waals surface area contributed by atoms with Gasteiger partial charge in [-0.15, -0.1) is 0 Å². The highest BCUT2D eigenvalue weighted by Crippen LogP contribution is 2.18. The van der Waals surface area contributed by atoms with Crippen molar-refractivity contribution in [3.8, 4) is 0 Å². The summed E-state index contributed by atoms with van der Waals surface area (Å²) < 4.78 is 4.90. The van der Waals surface area contributed by atoms with Crippen LogP contribution in [0.1, 0.15) is 16.8 Å². The lowest BCUT2D eigenvalue weighted by molar-refractivity contribution is 0.0698. The first-order valence-electron chi connectivity index (χ1n) is 5.00. The normalized spacial score (nSPS) is 10.1. The molecule has 0 aliphatic rings. The van der Waals surface area contributed by atoms with Crippen LogP contribution in [0.25, 0.3) is 0 Å². The summed E-state index contributed by atoms with van der Waals surface area (Å²) in [7, 11) is 1.63. The minimum atomic E-state index is -0.985. The maximum atomic E-state index is 10.9. The van der Waals surface area contributed by atoms with Crippen LogP contribution >= 0.6 is 0 Å². The van der Waals surface area contributed by atoms with Crippen molar-refractivity contribution in [1.29, 1.82) is 0 Å². The summed E-state index contributed by atoms with van der Waals surface area (Å²) in [4.78, 5) is 10.9. The van der Waals surface area contributed by atoms with E-state index >= 15 is 0 Å². The van der Waals surface area contributed by atoms with Crippen molar-refractivity contribution < 1.29 is 14.6 Å². The molecule has 1 rings (SSSR count). The van der Waals surface area contributed by atoms with Gasteiger partial charge in [0.2, 0.25) is 0 Å². The molecule has 0 atom stereocenters. The molecule has 4 N–H and O–H groups in total. The second-order valence-electron chi connectivity index (χ2n) is 3.38. The quantitative estimate of drug-likeness (QED) is 0.502. The zero-order valence-electron chi connectivity index (χ0n) is 9.19. The van der Waals surface area contributed by atoms with Gasteiger partial charge in [-0.1, -0.05) is 0 Å². The molecule has 88 valence electrons. The fourth-order valence-electron chi connectivity index (χ4n) is 1.33. The first kappa shape index (κ1) is 12.3. The predicted molar refractivity (Wildman–Crippen MR) is 62.8 cm³/mol. The molecule has 1 aromatic rings. The van der Waals surface area contributed by atoms with Gasteiger partial charge in [-0.2, -0.15) is 0 Å². The molecule has 1 aromatic carbocycles. The van der Waals surface area contributed by atoms with Gasteiger partial charge in [0.25, 0.3) is 0 Å². The monoisotopic (exact) mass is 224 g/mol. The summed E-state index contributed by atoms with van der Waals surface area (Å²) in [5, 5.41) is 12.0. The molecular weight excluding hydrogens is 208 g/mol. The molecule has 0 unspecified atom stereocenters. The van der Waals surface area contributed by atoms with E-state index in [-0.39, 0.29) is 5.56 Å². The number of carboxylic acid groups (broad SMARTS) is 1. The molecule has 0 heterocycles. The SMILES string of the molecule is COCCCNc1ccc(N)cc1C(=O)O. The number of hydrogen-bond acceptors (Lipinski definition) is 4. The van der Waals surface area contributed by atoms with Crippen LogP contribution in [0, 0.1) is 0 Å². The summed E-state index contributed by atoms with van der Waals surface area (Å²) in [6.45, 7) is 1.31. The van der Waals surface area contributed by atoms with Crippen LogP contribution < -0.4 is 11.1 Å². The number of nitrogens with two attached hydrogens (primary N) is 1. The van der Waals surface area contributed by atoms with Gasteiger partial charge in [-0.25, -0.2) is 4.79 Å². The van der Waals surface area contributed by atoms with Crippen molar-refractivity contribution in [2.45, 2.75) is 6.42 Å². The van der Waals surface area contributed by atoms with Crippen molar-refractivity contribution in [2.75, 3.05) is 31.3 Å². The highest BCUT2D eigenvalue weighted by atomic mass is 16.5. The number of rotatable bonds is 6. The number of hydrogen-bond donors (Lipinski definition) is 3. The average Bonchev–Trinajstić information content (AvgIpc) is 2.26. The third-order valence-electron chi connectivity index (χ3n) is 2.11. The zero-order chi connectivity index (χ0) is 12.0. The van der Waals surface area contributed by atoms with Crippen molar-refractivity contribution in [1.82, 2.24) is 0 Å². The van der Waals surface area contributed by atoms with Crippen molar-refractivity contribution in [2.24, 2.45) is 0 Å². The van der Waals surface area contributed by atoms with Gasteiger partial charge in [-0.05, 0) is 24.6 Å². The lowest BCUT2D eigenvalue weighted by Gasteiger charge is -2.09. The average molecular weight is 224 g/mol. The van der Waals surface area contributed by atoms with Crippen molar-refractivity contribution in [3.63, 3.8) is 0 Å². The molecule has 0 saturated carbocycles. The molecular formula is C11H16N2O3. The summed E-state index contributed by atoms with van der Waals surface area (Å²) in [5.41, 5.74) is 6.75. The molecule has 0 saturated heterocycles. The van der Waals surface area contributed by atoms with E-state index in [2.05, 4.69) is 5.32 Å². The van der Waals surface area contributed by atoms with E-state index in [9.17, 15) is 4.79 Å². The van der Waals surface area contributed by atoms with Crippen LogP contribution in [-0.2, 0) is 4.74 Å². The van der Waals surface area contributed by atoms with Crippen LogP contribution in [0.2, 0.25) is 0 Å². The lowest BCUT2D eigenvalue weighted by atomic mass is 10.1. The topological polar surface area (TPSA) is 84.6 Å². The fraction of sp³-hybridized carbons (Fsp3) is 0.364. The van der Waals surface area contributed by atoms with Crippen LogP contribution in [0.15, 0.2) is 18.2 Å². The van der Waals surface area contributed by atoms with Crippen LogP contribution in [0.5, 0.6) is 0 Å². The zero-order valence-corrected chi connectivity index (χ0v) is 9.19. The Hall–Kier alpha value is -1.75.